The Hall–Kier alpha value is -3.33. The molecule has 8 nitrogen and oxygen atoms in total. The van der Waals surface area contributed by atoms with Crippen molar-refractivity contribution in [3.8, 4) is 5.75 Å². The van der Waals surface area contributed by atoms with Crippen molar-refractivity contribution in [1.29, 1.82) is 0 Å². The molecule has 172 valence electrons. The number of thioether (sulfide) groups is 1. The summed E-state index contributed by atoms with van der Waals surface area (Å²) in [6, 6.07) is 14.6. The largest absolute Gasteiger partial charge is 0.497 e. The number of carbonyl (C=O) groups excluding carboxylic acids is 2. The maximum absolute atomic E-state index is 12.9. The van der Waals surface area contributed by atoms with Crippen LogP contribution in [0.3, 0.4) is 0 Å². The SMILES string of the molecule is COc1ccc(C(=O)N[C@H](C)c2nnc(SCC(=O)N3CCCc4ccccc43)n2C)cc1. The fourth-order valence-electron chi connectivity index (χ4n) is 3.91. The first kappa shape index (κ1) is 22.8. The lowest BCUT2D eigenvalue weighted by atomic mass is 10.0. The third-order valence-electron chi connectivity index (χ3n) is 5.69. The minimum Gasteiger partial charge on any atom is -0.497 e. The summed E-state index contributed by atoms with van der Waals surface area (Å²) in [6.45, 7) is 2.59. The zero-order valence-corrected chi connectivity index (χ0v) is 19.8. The topological polar surface area (TPSA) is 89.3 Å². The van der Waals surface area contributed by atoms with Crippen LogP contribution in [0.4, 0.5) is 5.69 Å². The summed E-state index contributed by atoms with van der Waals surface area (Å²) in [4.78, 5) is 27.4. The van der Waals surface area contributed by atoms with E-state index in [1.165, 1.54) is 17.3 Å². The number of aromatic nitrogens is 3. The second-order valence-corrected chi connectivity index (χ2v) is 8.83. The molecule has 0 fully saturated rings. The van der Waals surface area contributed by atoms with Gasteiger partial charge in [-0.25, -0.2) is 0 Å². The lowest BCUT2D eigenvalue weighted by Gasteiger charge is -2.29. The van der Waals surface area contributed by atoms with Crippen LogP contribution in [0, 0.1) is 0 Å². The molecular weight excluding hydrogens is 438 g/mol. The first-order chi connectivity index (χ1) is 16.0. The number of amides is 2. The molecule has 0 aliphatic carbocycles. The van der Waals surface area contributed by atoms with E-state index in [1.807, 2.05) is 41.6 Å². The molecule has 1 N–H and O–H groups in total. The predicted molar refractivity (Wildman–Crippen MR) is 128 cm³/mol. The lowest BCUT2D eigenvalue weighted by Crippen LogP contribution is -2.36. The van der Waals surface area contributed by atoms with E-state index in [4.69, 9.17) is 4.74 Å². The molecule has 4 rings (SSSR count). The number of nitrogens with zero attached hydrogens (tertiary/aromatic N) is 4. The monoisotopic (exact) mass is 465 g/mol. The number of anilines is 1. The number of hydrogen-bond acceptors (Lipinski definition) is 6. The smallest absolute Gasteiger partial charge is 0.251 e. The predicted octanol–water partition coefficient (Wildman–Crippen LogP) is 3.39. The lowest BCUT2D eigenvalue weighted by molar-refractivity contribution is -0.116. The van der Waals surface area contributed by atoms with Gasteiger partial charge in [0.05, 0.1) is 18.9 Å². The van der Waals surface area contributed by atoms with Gasteiger partial charge in [0.1, 0.15) is 5.75 Å². The van der Waals surface area contributed by atoms with Gasteiger partial charge in [0.25, 0.3) is 5.91 Å². The Morgan fingerprint density at radius 3 is 2.67 bits per heavy atom. The molecule has 0 bridgehead atoms. The van der Waals surface area contributed by atoms with Gasteiger partial charge in [-0.3, -0.25) is 9.59 Å². The van der Waals surface area contributed by atoms with Crippen molar-refractivity contribution in [2.24, 2.45) is 7.05 Å². The summed E-state index contributed by atoms with van der Waals surface area (Å²) >= 11 is 1.35. The van der Waals surface area contributed by atoms with Crippen LogP contribution in [0.5, 0.6) is 5.75 Å². The molecule has 1 atom stereocenters. The van der Waals surface area contributed by atoms with Gasteiger partial charge in [0.2, 0.25) is 5.91 Å². The Balaban J connectivity index is 1.37. The first-order valence-corrected chi connectivity index (χ1v) is 11.8. The van der Waals surface area contributed by atoms with Gasteiger partial charge in [-0.05, 0) is 55.7 Å². The number of ether oxygens (including phenoxy) is 1. The molecule has 0 radical (unpaired) electrons. The number of para-hydroxylation sites is 1. The van der Waals surface area contributed by atoms with Crippen molar-refractivity contribution in [1.82, 2.24) is 20.1 Å². The maximum atomic E-state index is 12.9. The van der Waals surface area contributed by atoms with E-state index >= 15 is 0 Å². The van der Waals surface area contributed by atoms with Crippen molar-refractivity contribution in [3.05, 3.63) is 65.5 Å². The molecule has 1 aliphatic heterocycles. The quantitative estimate of drug-likeness (QED) is 0.538. The highest BCUT2D eigenvalue weighted by Gasteiger charge is 2.24. The summed E-state index contributed by atoms with van der Waals surface area (Å²) in [5, 5.41) is 12.1. The molecule has 2 heterocycles. The molecule has 0 saturated carbocycles. The second-order valence-electron chi connectivity index (χ2n) is 7.89. The fraction of sp³-hybridized carbons (Fsp3) is 0.333. The Bertz CT molecular complexity index is 1150. The van der Waals surface area contributed by atoms with Crippen LogP contribution in [0.1, 0.15) is 41.1 Å². The average Bonchev–Trinajstić information content (AvgIpc) is 3.22. The van der Waals surface area contributed by atoms with Crippen LogP contribution < -0.4 is 15.0 Å². The van der Waals surface area contributed by atoms with Gasteiger partial charge in [0, 0.05) is 24.8 Å². The number of nitrogens with one attached hydrogen (secondary N) is 1. The summed E-state index contributed by atoms with van der Waals surface area (Å²) in [5.74, 6) is 1.43. The molecule has 0 saturated heterocycles. The number of hydrogen-bond donors (Lipinski definition) is 1. The van der Waals surface area contributed by atoms with E-state index in [0.29, 0.717) is 22.3 Å². The van der Waals surface area contributed by atoms with Gasteiger partial charge in [-0.2, -0.15) is 0 Å². The summed E-state index contributed by atoms with van der Waals surface area (Å²) in [7, 11) is 3.42. The van der Waals surface area contributed by atoms with E-state index in [2.05, 4.69) is 21.6 Å². The Morgan fingerprint density at radius 2 is 1.91 bits per heavy atom. The van der Waals surface area contributed by atoms with Gasteiger partial charge < -0.3 is 19.5 Å². The highest BCUT2D eigenvalue weighted by atomic mass is 32.2. The zero-order valence-electron chi connectivity index (χ0n) is 18.9. The van der Waals surface area contributed by atoms with Crippen molar-refractivity contribution in [3.63, 3.8) is 0 Å². The molecule has 2 amide bonds. The summed E-state index contributed by atoms with van der Waals surface area (Å²) in [6.07, 6.45) is 1.97. The second kappa shape index (κ2) is 10.1. The number of benzene rings is 2. The minimum atomic E-state index is -0.351. The fourth-order valence-corrected chi connectivity index (χ4v) is 4.71. The van der Waals surface area contributed by atoms with Crippen molar-refractivity contribution >= 4 is 29.3 Å². The molecule has 9 heteroatoms. The van der Waals surface area contributed by atoms with Crippen LogP contribution in [-0.4, -0.2) is 46.0 Å². The molecule has 3 aromatic rings. The molecule has 33 heavy (non-hydrogen) atoms. The molecule has 1 aliphatic rings. The van der Waals surface area contributed by atoms with E-state index in [-0.39, 0.29) is 23.6 Å². The number of aryl methyl sites for hydroxylation is 1. The van der Waals surface area contributed by atoms with E-state index in [9.17, 15) is 9.59 Å². The Labute approximate surface area is 197 Å². The average molecular weight is 466 g/mol. The molecule has 0 spiro atoms. The van der Waals surface area contributed by atoms with Crippen LogP contribution in [0.2, 0.25) is 0 Å². The van der Waals surface area contributed by atoms with Gasteiger partial charge in [0.15, 0.2) is 11.0 Å². The maximum Gasteiger partial charge on any atom is 0.251 e. The van der Waals surface area contributed by atoms with E-state index in [1.54, 1.807) is 31.4 Å². The normalized spacial score (nSPS) is 13.8. The van der Waals surface area contributed by atoms with Crippen LogP contribution in [-0.2, 0) is 18.3 Å². The van der Waals surface area contributed by atoms with Crippen LogP contribution >= 0.6 is 11.8 Å². The number of fused-ring (bicyclic) bond motifs is 1. The third kappa shape index (κ3) is 5.03. The highest BCUT2D eigenvalue weighted by molar-refractivity contribution is 7.99. The third-order valence-corrected chi connectivity index (χ3v) is 6.70. The highest BCUT2D eigenvalue weighted by Crippen LogP contribution is 2.28. The van der Waals surface area contributed by atoms with Crippen molar-refractivity contribution < 1.29 is 14.3 Å². The minimum absolute atomic E-state index is 0.0533. The molecule has 2 aromatic carbocycles. The molecule has 0 unspecified atom stereocenters. The standard InChI is InChI=1S/C24H27N5O3S/c1-16(25-23(31)18-10-12-19(32-3)13-11-18)22-26-27-24(28(22)2)33-15-21(30)29-14-6-8-17-7-4-5-9-20(17)29/h4-5,7,9-13,16H,6,8,14-15H2,1-3H3,(H,25,31)/t16-/m1/s1. The van der Waals surface area contributed by atoms with Crippen molar-refractivity contribution in [2.45, 2.75) is 31.0 Å². The number of methoxy groups -OCH3 is 1. The first-order valence-electron chi connectivity index (χ1n) is 10.8. The Kier molecular flexibility index (Phi) is 6.98. The molecule has 1 aromatic heterocycles. The van der Waals surface area contributed by atoms with Gasteiger partial charge in [-0.15, -0.1) is 10.2 Å². The van der Waals surface area contributed by atoms with Gasteiger partial charge >= 0.3 is 0 Å². The number of rotatable bonds is 7. The number of carbonyl (C=O) groups is 2. The Morgan fingerprint density at radius 1 is 1.15 bits per heavy atom. The van der Waals surface area contributed by atoms with Gasteiger partial charge in [-0.1, -0.05) is 30.0 Å². The summed E-state index contributed by atoms with van der Waals surface area (Å²) < 4.78 is 6.95. The van der Waals surface area contributed by atoms with Crippen molar-refractivity contribution in [2.75, 3.05) is 24.3 Å². The van der Waals surface area contributed by atoms with E-state index in [0.717, 1.165) is 25.1 Å². The summed E-state index contributed by atoms with van der Waals surface area (Å²) in [5.41, 5.74) is 2.75. The van der Waals surface area contributed by atoms with E-state index < -0.39 is 0 Å². The zero-order chi connectivity index (χ0) is 23.4. The van der Waals surface area contributed by atoms with Crippen LogP contribution in [0.15, 0.2) is 53.7 Å². The van der Waals surface area contributed by atoms with Crippen LogP contribution in [0.25, 0.3) is 0 Å². The molecular formula is C24H27N5O3S.